The summed E-state index contributed by atoms with van der Waals surface area (Å²) in [6.07, 6.45) is 3.86. The number of anilines is 1. The number of benzene rings is 2. The predicted molar refractivity (Wildman–Crippen MR) is 85.3 cm³/mol. The van der Waals surface area contributed by atoms with Gasteiger partial charge in [0.15, 0.2) is 9.84 Å². The van der Waals surface area contributed by atoms with Crippen molar-refractivity contribution in [2.24, 2.45) is 0 Å². The number of sulfone groups is 1. The molecule has 1 fully saturated rings. The second kappa shape index (κ2) is 5.53. The predicted octanol–water partition coefficient (Wildman–Crippen LogP) is 3.58. The van der Waals surface area contributed by atoms with Crippen molar-refractivity contribution >= 4 is 15.5 Å². The monoisotopic (exact) mass is 301 g/mol. The zero-order chi connectivity index (χ0) is 14.9. The van der Waals surface area contributed by atoms with Gasteiger partial charge in [-0.25, -0.2) is 8.42 Å². The molecule has 0 radical (unpaired) electrons. The van der Waals surface area contributed by atoms with E-state index in [1.165, 1.54) is 30.2 Å². The highest BCUT2D eigenvalue weighted by atomic mass is 32.2. The van der Waals surface area contributed by atoms with E-state index in [0.29, 0.717) is 11.4 Å². The Labute approximate surface area is 125 Å². The van der Waals surface area contributed by atoms with E-state index in [4.69, 9.17) is 0 Å². The second-order valence-corrected chi connectivity index (χ2v) is 7.69. The Morgan fingerprint density at radius 1 is 1.10 bits per heavy atom. The summed E-state index contributed by atoms with van der Waals surface area (Å²) in [6.45, 7) is 0.693. The molecule has 2 aromatic rings. The number of nitrogens with one attached hydrogen (secondary N) is 1. The molecule has 0 bridgehead atoms. The molecule has 0 spiro atoms. The van der Waals surface area contributed by atoms with Gasteiger partial charge in [-0.3, -0.25) is 0 Å². The van der Waals surface area contributed by atoms with Crippen LogP contribution in [0.1, 0.15) is 29.9 Å². The van der Waals surface area contributed by atoms with Crippen LogP contribution < -0.4 is 5.32 Å². The minimum Gasteiger partial charge on any atom is -0.381 e. The van der Waals surface area contributed by atoms with E-state index in [2.05, 4.69) is 29.6 Å². The van der Waals surface area contributed by atoms with E-state index >= 15 is 0 Å². The van der Waals surface area contributed by atoms with Gasteiger partial charge in [0.25, 0.3) is 0 Å². The summed E-state index contributed by atoms with van der Waals surface area (Å²) >= 11 is 0. The fourth-order valence-electron chi connectivity index (χ4n) is 2.37. The zero-order valence-electron chi connectivity index (χ0n) is 12.0. The van der Waals surface area contributed by atoms with Gasteiger partial charge < -0.3 is 5.32 Å². The summed E-state index contributed by atoms with van der Waals surface area (Å²) in [6, 6.07) is 15.6. The van der Waals surface area contributed by atoms with Gasteiger partial charge >= 0.3 is 0 Å². The fourth-order valence-corrected chi connectivity index (χ4v) is 3.03. The molecule has 21 heavy (non-hydrogen) atoms. The largest absolute Gasteiger partial charge is 0.381 e. The average molecular weight is 301 g/mol. The zero-order valence-corrected chi connectivity index (χ0v) is 12.9. The van der Waals surface area contributed by atoms with Crippen molar-refractivity contribution in [1.82, 2.24) is 0 Å². The van der Waals surface area contributed by atoms with E-state index in [1.54, 1.807) is 18.2 Å². The first-order chi connectivity index (χ1) is 10.0. The lowest BCUT2D eigenvalue weighted by Crippen LogP contribution is -2.02. The normalized spacial score (nSPS) is 14.9. The topological polar surface area (TPSA) is 46.2 Å². The van der Waals surface area contributed by atoms with Crippen molar-refractivity contribution in [2.75, 3.05) is 11.6 Å². The molecule has 0 aromatic heterocycles. The first-order valence-corrected chi connectivity index (χ1v) is 9.04. The molecule has 110 valence electrons. The van der Waals surface area contributed by atoms with E-state index in [0.717, 1.165) is 11.6 Å². The molecule has 0 aliphatic heterocycles. The van der Waals surface area contributed by atoms with Gasteiger partial charge in [-0.15, -0.1) is 0 Å². The molecule has 3 nitrogen and oxygen atoms in total. The summed E-state index contributed by atoms with van der Waals surface area (Å²) in [5.74, 6) is 0.776. The minimum absolute atomic E-state index is 0.344. The molecule has 0 saturated heterocycles. The Balaban J connectivity index is 1.67. The minimum atomic E-state index is -3.16. The first kappa shape index (κ1) is 14.1. The van der Waals surface area contributed by atoms with Crippen LogP contribution in [0.15, 0.2) is 53.4 Å². The van der Waals surface area contributed by atoms with Crippen molar-refractivity contribution in [2.45, 2.75) is 30.2 Å². The quantitative estimate of drug-likeness (QED) is 0.918. The average Bonchev–Trinajstić information content (AvgIpc) is 3.30. The van der Waals surface area contributed by atoms with Crippen molar-refractivity contribution in [3.05, 3.63) is 59.7 Å². The Kier molecular flexibility index (Phi) is 3.72. The van der Waals surface area contributed by atoms with Crippen LogP contribution >= 0.6 is 0 Å². The van der Waals surface area contributed by atoms with Crippen molar-refractivity contribution in [1.29, 1.82) is 0 Å². The molecule has 3 rings (SSSR count). The summed E-state index contributed by atoms with van der Waals surface area (Å²) in [5, 5.41) is 3.27. The standard InChI is InChI=1S/C17H19NO2S/c1-21(19,20)17-4-2-3-16(11-17)18-12-13-5-7-14(8-6-13)15-9-10-15/h2-8,11,15,18H,9-10,12H2,1H3. The van der Waals surface area contributed by atoms with E-state index in [9.17, 15) is 8.42 Å². The Hall–Kier alpha value is -1.81. The third-order valence-corrected chi connectivity index (χ3v) is 4.90. The maximum atomic E-state index is 11.5. The van der Waals surface area contributed by atoms with E-state index < -0.39 is 9.84 Å². The van der Waals surface area contributed by atoms with Gasteiger partial charge in [-0.1, -0.05) is 30.3 Å². The molecule has 2 aromatic carbocycles. The van der Waals surface area contributed by atoms with Gasteiger partial charge in [0.05, 0.1) is 4.90 Å². The molecule has 0 unspecified atom stereocenters. The van der Waals surface area contributed by atoms with Crippen molar-refractivity contribution in [3.63, 3.8) is 0 Å². The highest BCUT2D eigenvalue weighted by Crippen LogP contribution is 2.39. The van der Waals surface area contributed by atoms with Crippen LogP contribution in [0.2, 0.25) is 0 Å². The lowest BCUT2D eigenvalue weighted by molar-refractivity contribution is 0.602. The van der Waals surface area contributed by atoms with Crippen molar-refractivity contribution in [3.8, 4) is 0 Å². The van der Waals surface area contributed by atoms with Crippen LogP contribution in [0.3, 0.4) is 0 Å². The van der Waals surface area contributed by atoms with Crippen LogP contribution in [0.25, 0.3) is 0 Å². The highest BCUT2D eigenvalue weighted by molar-refractivity contribution is 7.90. The van der Waals surface area contributed by atoms with Crippen molar-refractivity contribution < 1.29 is 8.42 Å². The van der Waals surface area contributed by atoms with Crippen LogP contribution in [-0.4, -0.2) is 14.7 Å². The highest BCUT2D eigenvalue weighted by Gasteiger charge is 2.22. The molecule has 1 saturated carbocycles. The maximum Gasteiger partial charge on any atom is 0.175 e. The van der Waals surface area contributed by atoms with Gasteiger partial charge in [0, 0.05) is 18.5 Å². The smallest absolute Gasteiger partial charge is 0.175 e. The number of rotatable bonds is 5. The molecule has 1 aliphatic rings. The summed E-state index contributed by atoms with van der Waals surface area (Å²) < 4.78 is 23.1. The number of hydrogen-bond acceptors (Lipinski definition) is 3. The lowest BCUT2D eigenvalue weighted by atomic mass is 10.1. The molecule has 4 heteroatoms. The van der Waals surface area contributed by atoms with Gasteiger partial charge in [0.2, 0.25) is 0 Å². The molecule has 0 atom stereocenters. The third-order valence-electron chi connectivity index (χ3n) is 3.79. The first-order valence-electron chi connectivity index (χ1n) is 7.15. The van der Waals surface area contributed by atoms with Gasteiger partial charge in [-0.2, -0.15) is 0 Å². The maximum absolute atomic E-state index is 11.5. The van der Waals surface area contributed by atoms with Gasteiger partial charge in [0.1, 0.15) is 0 Å². The van der Waals surface area contributed by atoms with Gasteiger partial charge in [-0.05, 0) is 48.1 Å². The third kappa shape index (κ3) is 3.64. The Bertz CT molecular complexity index is 732. The summed E-state index contributed by atoms with van der Waals surface area (Å²) in [7, 11) is -3.16. The van der Waals surface area contributed by atoms with Crippen LogP contribution in [-0.2, 0) is 16.4 Å². The number of hydrogen-bond donors (Lipinski definition) is 1. The fraction of sp³-hybridized carbons (Fsp3) is 0.294. The summed E-state index contributed by atoms with van der Waals surface area (Å²) in [5.41, 5.74) is 3.45. The van der Waals surface area contributed by atoms with Crippen LogP contribution in [0, 0.1) is 0 Å². The van der Waals surface area contributed by atoms with E-state index in [1.807, 2.05) is 6.07 Å². The molecule has 1 N–H and O–H groups in total. The molecule has 1 aliphatic carbocycles. The second-order valence-electron chi connectivity index (χ2n) is 5.67. The lowest BCUT2D eigenvalue weighted by Gasteiger charge is -2.08. The van der Waals surface area contributed by atoms with Crippen LogP contribution in [0.4, 0.5) is 5.69 Å². The molecule has 0 heterocycles. The molecular weight excluding hydrogens is 282 g/mol. The Morgan fingerprint density at radius 3 is 2.43 bits per heavy atom. The Morgan fingerprint density at radius 2 is 1.81 bits per heavy atom. The molecular formula is C17H19NO2S. The van der Waals surface area contributed by atoms with Crippen LogP contribution in [0.5, 0.6) is 0 Å². The molecule has 0 amide bonds. The van der Waals surface area contributed by atoms with E-state index in [-0.39, 0.29) is 0 Å². The summed E-state index contributed by atoms with van der Waals surface area (Å²) in [4.78, 5) is 0.344. The SMILES string of the molecule is CS(=O)(=O)c1cccc(NCc2ccc(C3CC3)cc2)c1.